The van der Waals surface area contributed by atoms with Crippen molar-refractivity contribution in [3.8, 4) is 5.75 Å². The molecule has 0 heterocycles. The SMILES string of the molecule is Cc1cc(OCc2ccc(CCN)cc2)ccc1Br. The molecule has 0 spiro atoms. The Balaban J connectivity index is 1.96. The van der Waals surface area contributed by atoms with Crippen molar-refractivity contribution in [2.24, 2.45) is 5.73 Å². The summed E-state index contributed by atoms with van der Waals surface area (Å²) in [5.74, 6) is 0.895. The number of halogens is 1. The summed E-state index contributed by atoms with van der Waals surface area (Å²) in [7, 11) is 0. The number of benzene rings is 2. The highest BCUT2D eigenvalue weighted by Gasteiger charge is 2.00. The molecule has 0 saturated heterocycles. The minimum Gasteiger partial charge on any atom is -0.489 e. The average molecular weight is 320 g/mol. The number of rotatable bonds is 5. The summed E-state index contributed by atoms with van der Waals surface area (Å²) in [4.78, 5) is 0. The molecule has 2 aromatic carbocycles. The van der Waals surface area contributed by atoms with Gasteiger partial charge < -0.3 is 10.5 Å². The smallest absolute Gasteiger partial charge is 0.120 e. The maximum atomic E-state index is 5.78. The topological polar surface area (TPSA) is 35.2 Å². The Hall–Kier alpha value is -1.32. The second kappa shape index (κ2) is 6.73. The summed E-state index contributed by atoms with van der Waals surface area (Å²) in [6, 6.07) is 14.4. The van der Waals surface area contributed by atoms with Crippen molar-refractivity contribution in [1.29, 1.82) is 0 Å². The van der Waals surface area contributed by atoms with Crippen LogP contribution < -0.4 is 10.5 Å². The molecule has 19 heavy (non-hydrogen) atoms. The zero-order chi connectivity index (χ0) is 13.7. The van der Waals surface area contributed by atoms with Crippen LogP contribution in [0.4, 0.5) is 0 Å². The predicted molar refractivity (Wildman–Crippen MR) is 82.4 cm³/mol. The van der Waals surface area contributed by atoms with Crippen molar-refractivity contribution in [2.75, 3.05) is 6.54 Å². The van der Waals surface area contributed by atoms with Crippen molar-refractivity contribution in [1.82, 2.24) is 0 Å². The molecule has 2 nitrogen and oxygen atoms in total. The van der Waals surface area contributed by atoms with Gasteiger partial charge in [-0.05, 0) is 54.8 Å². The molecule has 3 heteroatoms. The Kier molecular flexibility index (Phi) is 5.00. The van der Waals surface area contributed by atoms with E-state index in [4.69, 9.17) is 10.5 Å². The Morgan fingerprint density at radius 3 is 2.37 bits per heavy atom. The summed E-state index contributed by atoms with van der Waals surface area (Å²) in [5.41, 5.74) is 9.14. The van der Waals surface area contributed by atoms with Crippen molar-refractivity contribution in [3.63, 3.8) is 0 Å². The van der Waals surface area contributed by atoms with Gasteiger partial charge >= 0.3 is 0 Å². The first-order valence-corrected chi connectivity index (χ1v) is 7.15. The predicted octanol–water partition coefficient (Wildman–Crippen LogP) is 3.84. The zero-order valence-corrected chi connectivity index (χ0v) is 12.6. The first kappa shape index (κ1) is 14.1. The summed E-state index contributed by atoms with van der Waals surface area (Å²) in [6.07, 6.45) is 0.924. The van der Waals surface area contributed by atoms with Gasteiger partial charge in [0, 0.05) is 4.47 Å². The van der Waals surface area contributed by atoms with E-state index in [2.05, 4.69) is 47.1 Å². The van der Waals surface area contributed by atoms with E-state index >= 15 is 0 Å². The van der Waals surface area contributed by atoms with E-state index in [1.54, 1.807) is 0 Å². The number of hydrogen-bond donors (Lipinski definition) is 1. The van der Waals surface area contributed by atoms with Crippen LogP contribution >= 0.6 is 15.9 Å². The molecule has 100 valence electrons. The summed E-state index contributed by atoms with van der Waals surface area (Å²) >= 11 is 3.48. The third-order valence-corrected chi connectivity index (χ3v) is 3.88. The van der Waals surface area contributed by atoms with Gasteiger partial charge in [0.25, 0.3) is 0 Å². The normalized spacial score (nSPS) is 10.5. The fourth-order valence-electron chi connectivity index (χ4n) is 1.84. The van der Waals surface area contributed by atoms with E-state index in [1.807, 2.05) is 18.2 Å². The summed E-state index contributed by atoms with van der Waals surface area (Å²) in [6.45, 7) is 3.33. The van der Waals surface area contributed by atoms with Crippen LogP contribution in [-0.2, 0) is 13.0 Å². The summed E-state index contributed by atoms with van der Waals surface area (Å²) < 4.78 is 6.88. The molecule has 0 amide bonds. The quantitative estimate of drug-likeness (QED) is 0.908. The molecule has 0 fully saturated rings. The molecule has 2 N–H and O–H groups in total. The van der Waals surface area contributed by atoms with E-state index in [-0.39, 0.29) is 0 Å². The first-order valence-electron chi connectivity index (χ1n) is 6.36. The lowest BCUT2D eigenvalue weighted by atomic mass is 10.1. The Morgan fingerprint density at radius 2 is 1.74 bits per heavy atom. The van der Waals surface area contributed by atoms with Crippen molar-refractivity contribution < 1.29 is 4.74 Å². The van der Waals surface area contributed by atoms with Gasteiger partial charge in [0.2, 0.25) is 0 Å². The van der Waals surface area contributed by atoms with Gasteiger partial charge in [-0.2, -0.15) is 0 Å². The van der Waals surface area contributed by atoms with Crippen LogP contribution in [0.1, 0.15) is 16.7 Å². The lowest BCUT2D eigenvalue weighted by Gasteiger charge is -2.08. The standard InChI is InChI=1S/C16H18BrNO/c1-12-10-15(6-7-16(12)17)19-11-14-4-2-13(3-5-14)8-9-18/h2-7,10H,8-9,11,18H2,1H3. The minimum absolute atomic E-state index is 0.587. The molecule has 0 atom stereocenters. The maximum absolute atomic E-state index is 5.78. The van der Waals surface area contributed by atoms with Crippen LogP contribution in [0.3, 0.4) is 0 Å². The van der Waals surface area contributed by atoms with E-state index in [0.29, 0.717) is 13.2 Å². The number of ether oxygens (including phenoxy) is 1. The van der Waals surface area contributed by atoms with E-state index in [1.165, 1.54) is 16.7 Å². The lowest BCUT2D eigenvalue weighted by Crippen LogP contribution is -2.03. The Bertz CT molecular complexity index is 537. The van der Waals surface area contributed by atoms with Crippen LogP contribution in [0.2, 0.25) is 0 Å². The molecular weight excluding hydrogens is 302 g/mol. The van der Waals surface area contributed by atoms with Gasteiger partial charge in [0.15, 0.2) is 0 Å². The highest BCUT2D eigenvalue weighted by Crippen LogP contribution is 2.22. The molecule has 0 aliphatic rings. The van der Waals surface area contributed by atoms with Crippen molar-refractivity contribution in [2.45, 2.75) is 20.0 Å². The third kappa shape index (κ3) is 4.08. The maximum Gasteiger partial charge on any atom is 0.120 e. The van der Waals surface area contributed by atoms with Crippen LogP contribution in [0.15, 0.2) is 46.9 Å². The molecule has 0 aromatic heterocycles. The summed E-state index contributed by atoms with van der Waals surface area (Å²) in [5, 5.41) is 0. The molecule has 2 rings (SSSR count). The second-order valence-corrected chi connectivity index (χ2v) is 5.41. The molecule has 0 aliphatic carbocycles. The number of hydrogen-bond acceptors (Lipinski definition) is 2. The highest BCUT2D eigenvalue weighted by atomic mass is 79.9. The first-order chi connectivity index (χ1) is 9.19. The van der Waals surface area contributed by atoms with Gasteiger partial charge in [-0.3, -0.25) is 0 Å². The van der Waals surface area contributed by atoms with Crippen LogP contribution in [0.5, 0.6) is 5.75 Å². The van der Waals surface area contributed by atoms with Gasteiger partial charge in [0.1, 0.15) is 12.4 Å². The number of nitrogens with two attached hydrogens (primary N) is 1. The van der Waals surface area contributed by atoms with Crippen LogP contribution in [0.25, 0.3) is 0 Å². The largest absolute Gasteiger partial charge is 0.489 e. The van der Waals surface area contributed by atoms with E-state index < -0.39 is 0 Å². The second-order valence-electron chi connectivity index (χ2n) is 4.55. The molecular formula is C16H18BrNO. The van der Waals surface area contributed by atoms with Crippen molar-refractivity contribution in [3.05, 3.63) is 63.6 Å². The van der Waals surface area contributed by atoms with E-state index in [0.717, 1.165) is 16.6 Å². The molecule has 0 saturated carbocycles. The molecule has 0 unspecified atom stereocenters. The molecule has 0 radical (unpaired) electrons. The Labute approximate surface area is 122 Å². The van der Waals surface area contributed by atoms with Gasteiger partial charge in [0.05, 0.1) is 0 Å². The molecule has 0 aliphatic heterocycles. The highest BCUT2D eigenvalue weighted by molar-refractivity contribution is 9.10. The van der Waals surface area contributed by atoms with E-state index in [9.17, 15) is 0 Å². The van der Waals surface area contributed by atoms with Gasteiger partial charge in [-0.15, -0.1) is 0 Å². The fraction of sp³-hybridized carbons (Fsp3) is 0.250. The average Bonchev–Trinajstić information content (AvgIpc) is 2.42. The Morgan fingerprint density at radius 1 is 1.05 bits per heavy atom. The zero-order valence-electron chi connectivity index (χ0n) is 11.0. The molecule has 2 aromatic rings. The molecule has 0 bridgehead atoms. The monoisotopic (exact) mass is 319 g/mol. The van der Waals surface area contributed by atoms with Gasteiger partial charge in [-0.1, -0.05) is 40.2 Å². The fourth-order valence-corrected chi connectivity index (χ4v) is 2.09. The van der Waals surface area contributed by atoms with Crippen molar-refractivity contribution >= 4 is 15.9 Å². The number of aryl methyl sites for hydroxylation is 1. The minimum atomic E-state index is 0.587. The van der Waals surface area contributed by atoms with Crippen LogP contribution in [0, 0.1) is 6.92 Å². The third-order valence-electron chi connectivity index (χ3n) is 2.99. The van der Waals surface area contributed by atoms with Crippen LogP contribution in [-0.4, -0.2) is 6.54 Å². The lowest BCUT2D eigenvalue weighted by molar-refractivity contribution is 0.306. The van der Waals surface area contributed by atoms with Gasteiger partial charge in [-0.25, -0.2) is 0 Å².